The van der Waals surface area contributed by atoms with Crippen LogP contribution in [0.3, 0.4) is 0 Å². The first kappa shape index (κ1) is 17.8. The van der Waals surface area contributed by atoms with Crippen LogP contribution < -0.4 is 10.1 Å². The van der Waals surface area contributed by atoms with Gasteiger partial charge in [0.25, 0.3) is 5.91 Å². The normalized spacial score (nSPS) is 18.5. The van der Waals surface area contributed by atoms with Gasteiger partial charge in [-0.05, 0) is 6.07 Å². The topological polar surface area (TPSA) is 55.6 Å². The van der Waals surface area contributed by atoms with Crippen LogP contribution in [0.4, 0.5) is 4.39 Å². The molecule has 0 spiro atoms. The minimum absolute atomic E-state index is 0. The molecule has 2 heterocycles. The fourth-order valence-corrected chi connectivity index (χ4v) is 2.94. The molecule has 0 aliphatic carbocycles. The summed E-state index contributed by atoms with van der Waals surface area (Å²) in [5.41, 5.74) is 0.561. The zero-order valence-electron chi connectivity index (χ0n) is 12.3. The largest absolute Gasteiger partial charge is 0.366 e. The zero-order chi connectivity index (χ0) is 15.4. The van der Waals surface area contributed by atoms with E-state index in [1.54, 1.807) is 29.0 Å². The van der Waals surface area contributed by atoms with Crippen molar-refractivity contribution >= 4 is 29.7 Å². The number of hydrogen-bond donors (Lipinski definition) is 1. The smallest absolute Gasteiger partial charge is 0.278 e. The Balaban J connectivity index is 0.00000192. The Morgan fingerprint density at radius 2 is 2.30 bits per heavy atom. The summed E-state index contributed by atoms with van der Waals surface area (Å²) in [6.45, 7) is 2.06. The first-order valence-corrected chi connectivity index (χ1v) is 7.90. The second kappa shape index (κ2) is 8.35. The summed E-state index contributed by atoms with van der Waals surface area (Å²) in [5, 5.41) is 4.92. The number of ether oxygens (including phenoxy) is 1. The maximum atomic E-state index is 13.7. The van der Waals surface area contributed by atoms with Gasteiger partial charge in [0.1, 0.15) is 5.82 Å². The molecule has 1 amide bonds. The highest BCUT2D eigenvalue weighted by atomic mass is 35.5. The number of nitrogens with zero attached hydrogens (tertiary/aromatic N) is 2. The summed E-state index contributed by atoms with van der Waals surface area (Å²) < 4.78 is 20.9. The van der Waals surface area contributed by atoms with Gasteiger partial charge in [0.05, 0.1) is 13.2 Å². The summed E-state index contributed by atoms with van der Waals surface area (Å²) in [6, 6.07) is 6.58. The van der Waals surface area contributed by atoms with Crippen molar-refractivity contribution in [2.75, 3.05) is 19.7 Å². The lowest BCUT2D eigenvalue weighted by molar-refractivity contribution is -0.130. The maximum Gasteiger partial charge on any atom is 0.278 e. The number of carbonyl (C=O) groups is 1. The van der Waals surface area contributed by atoms with E-state index in [0.717, 1.165) is 6.54 Å². The molecule has 1 N–H and O–H groups in total. The van der Waals surface area contributed by atoms with E-state index in [1.807, 2.05) is 5.38 Å². The van der Waals surface area contributed by atoms with E-state index >= 15 is 0 Å². The van der Waals surface area contributed by atoms with E-state index in [2.05, 4.69) is 10.3 Å². The molecule has 1 aliphatic rings. The molecule has 1 aliphatic heterocycles. The maximum absolute atomic E-state index is 13.7. The number of halogens is 2. The number of aromatic nitrogens is 1. The fraction of sp³-hybridized carbons (Fsp3) is 0.333. The Morgan fingerprint density at radius 3 is 3.04 bits per heavy atom. The van der Waals surface area contributed by atoms with E-state index in [-0.39, 0.29) is 24.1 Å². The quantitative estimate of drug-likeness (QED) is 0.907. The van der Waals surface area contributed by atoms with E-state index < -0.39 is 6.10 Å². The zero-order valence-corrected chi connectivity index (χ0v) is 13.9. The molecule has 0 saturated carbocycles. The minimum Gasteiger partial charge on any atom is -0.366 e. The van der Waals surface area contributed by atoms with Gasteiger partial charge in [0.15, 0.2) is 10.9 Å². The molecule has 2 aromatic rings. The third kappa shape index (κ3) is 4.48. The third-order valence-electron chi connectivity index (χ3n) is 3.37. The van der Waals surface area contributed by atoms with Crippen molar-refractivity contribution in [3.8, 4) is 0 Å². The summed E-state index contributed by atoms with van der Waals surface area (Å²) in [4.78, 5) is 16.8. The summed E-state index contributed by atoms with van der Waals surface area (Å²) in [7, 11) is 0. The predicted molar refractivity (Wildman–Crippen MR) is 88.2 cm³/mol. The lowest BCUT2D eigenvalue weighted by Gasteiger charge is -2.20. The molecular formula is C15H17ClFN3O2S. The molecular weight excluding hydrogens is 341 g/mol. The van der Waals surface area contributed by atoms with Crippen molar-refractivity contribution in [1.82, 2.24) is 9.88 Å². The summed E-state index contributed by atoms with van der Waals surface area (Å²) >= 11 is 1.34. The first-order valence-electron chi connectivity index (χ1n) is 7.02. The van der Waals surface area contributed by atoms with Crippen molar-refractivity contribution < 1.29 is 13.9 Å². The molecule has 5 nitrogen and oxygen atoms in total. The van der Waals surface area contributed by atoms with Gasteiger partial charge in [-0.3, -0.25) is 4.79 Å². The molecule has 8 heteroatoms. The van der Waals surface area contributed by atoms with Crippen LogP contribution in [0.15, 0.2) is 40.8 Å². The van der Waals surface area contributed by atoms with Gasteiger partial charge in [-0.2, -0.15) is 4.99 Å². The highest BCUT2D eigenvalue weighted by molar-refractivity contribution is 7.07. The third-order valence-corrected chi connectivity index (χ3v) is 4.16. The molecule has 1 aromatic carbocycles. The standard InChI is InChI=1S/C15H16FN3O2S.ClH/c16-12-4-2-1-3-11(12)10-19-6-8-22-15(19)18-14(20)13-9-17-5-7-21-13;/h1-4,6,8,13,17H,5,7,9-10H2;1H. The number of nitrogens with one attached hydrogen (secondary N) is 1. The number of amides is 1. The van der Waals surface area contributed by atoms with Gasteiger partial charge in [0.2, 0.25) is 0 Å². The average molecular weight is 358 g/mol. The number of morpholine rings is 1. The monoisotopic (exact) mass is 357 g/mol. The number of carbonyl (C=O) groups excluding carboxylic acids is 1. The van der Waals surface area contributed by atoms with E-state index in [4.69, 9.17) is 4.74 Å². The Labute approximate surface area is 143 Å². The molecule has 1 saturated heterocycles. The van der Waals surface area contributed by atoms with E-state index in [1.165, 1.54) is 17.4 Å². The minimum atomic E-state index is -0.544. The molecule has 1 unspecified atom stereocenters. The van der Waals surface area contributed by atoms with Crippen LogP contribution in [0.25, 0.3) is 0 Å². The van der Waals surface area contributed by atoms with Gasteiger partial charge < -0.3 is 14.6 Å². The number of hydrogen-bond acceptors (Lipinski definition) is 4. The second-order valence-electron chi connectivity index (χ2n) is 4.92. The molecule has 1 fully saturated rings. The number of rotatable bonds is 3. The SMILES string of the molecule is Cl.O=C(N=c1sccn1Cc1ccccc1F)C1CNCCO1. The fourth-order valence-electron chi connectivity index (χ4n) is 2.21. The van der Waals surface area contributed by atoms with Crippen LogP contribution in [0, 0.1) is 5.82 Å². The molecule has 0 radical (unpaired) electrons. The second-order valence-corrected chi connectivity index (χ2v) is 5.79. The Hall–Kier alpha value is -1.54. The molecule has 124 valence electrons. The van der Waals surface area contributed by atoms with Crippen molar-refractivity contribution in [3.05, 3.63) is 52.0 Å². The van der Waals surface area contributed by atoms with Crippen LogP contribution >= 0.6 is 23.7 Å². The average Bonchev–Trinajstić information content (AvgIpc) is 2.97. The van der Waals surface area contributed by atoms with Crippen molar-refractivity contribution in [3.63, 3.8) is 0 Å². The van der Waals surface area contributed by atoms with Gasteiger partial charge in [-0.15, -0.1) is 23.7 Å². The molecule has 1 aromatic heterocycles. The van der Waals surface area contributed by atoms with Crippen molar-refractivity contribution in [2.45, 2.75) is 12.6 Å². The van der Waals surface area contributed by atoms with Gasteiger partial charge >= 0.3 is 0 Å². The lowest BCUT2D eigenvalue weighted by atomic mass is 10.2. The Bertz CT molecular complexity index is 725. The summed E-state index contributed by atoms with van der Waals surface area (Å²) in [6.07, 6.45) is 1.25. The number of thiazole rings is 1. The van der Waals surface area contributed by atoms with Crippen LogP contribution in [-0.4, -0.2) is 36.3 Å². The highest BCUT2D eigenvalue weighted by Crippen LogP contribution is 2.08. The van der Waals surface area contributed by atoms with Crippen LogP contribution in [0.2, 0.25) is 0 Å². The summed E-state index contributed by atoms with van der Waals surface area (Å²) in [5.74, 6) is -0.574. The van der Waals surface area contributed by atoms with E-state index in [0.29, 0.717) is 30.1 Å². The van der Waals surface area contributed by atoms with Crippen LogP contribution in [0.1, 0.15) is 5.56 Å². The van der Waals surface area contributed by atoms with E-state index in [9.17, 15) is 9.18 Å². The molecule has 0 bridgehead atoms. The first-order chi connectivity index (χ1) is 10.7. The lowest BCUT2D eigenvalue weighted by Crippen LogP contribution is -2.43. The number of benzene rings is 1. The van der Waals surface area contributed by atoms with Gasteiger partial charge in [-0.25, -0.2) is 4.39 Å². The van der Waals surface area contributed by atoms with Gasteiger partial charge in [-0.1, -0.05) is 18.2 Å². The molecule has 23 heavy (non-hydrogen) atoms. The van der Waals surface area contributed by atoms with Gasteiger partial charge in [0, 0.05) is 30.2 Å². The highest BCUT2D eigenvalue weighted by Gasteiger charge is 2.21. The van der Waals surface area contributed by atoms with Crippen LogP contribution in [-0.2, 0) is 16.1 Å². The van der Waals surface area contributed by atoms with Crippen molar-refractivity contribution in [1.29, 1.82) is 0 Å². The Morgan fingerprint density at radius 1 is 1.48 bits per heavy atom. The molecule has 3 rings (SSSR count). The predicted octanol–water partition coefficient (Wildman–Crippen LogP) is 1.57. The Kier molecular flexibility index (Phi) is 6.47. The van der Waals surface area contributed by atoms with Crippen molar-refractivity contribution in [2.24, 2.45) is 4.99 Å². The van der Waals surface area contributed by atoms with Crippen LogP contribution in [0.5, 0.6) is 0 Å². The molecule has 1 atom stereocenters.